The minimum absolute atomic E-state index is 0.0731. The van der Waals surface area contributed by atoms with Gasteiger partial charge >= 0.3 is 0 Å². The van der Waals surface area contributed by atoms with Gasteiger partial charge in [-0.2, -0.15) is 5.10 Å². The summed E-state index contributed by atoms with van der Waals surface area (Å²) in [5.41, 5.74) is 0.749. The monoisotopic (exact) mass is 396 g/mol. The number of hydrogen-bond donors (Lipinski definition) is 2. The van der Waals surface area contributed by atoms with Crippen molar-refractivity contribution < 1.29 is 14.3 Å². The van der Waals surface area contributed by atoms with Crippen LogP contribution < -0.4 is 10.6 Å². The molecule has 0 aliphatic heterocycles. The van der Waals surface area contributed by atoms with Crippen LogP contribution in [0.25, 0.3) is 11.0 Å². The van der Waals surface area contributed by atoms with Gasteiger partial charge in [-0.05, 0) is 19.6 Å². The molecule has 0 aliphatic rings. The molecule has 0 saturated heterocycles. The quantitative estimate of drug-likeness (QED) is 0.299. The summed E-state index contributed by atoms with van der Waals surface area (Å²) in [5, 5.41) is 12.1. The van der Waals surface area contributed by atoms with E-state index in [1.165, 1.54) is 0 Å². The standard InChI is InChI=1S/C17H28N6O3S/c1-4-25-10-8-19-15-13-11-20-23(9-7-18-14(24)12-26-5-2)16(13)22-17(21-15)27-6-3/h11H,4-10,12H2,1-3H3,(H,18,24)(H,19,21,22). The number of fused-ring (bicyclic) bond motifs is 1. The first-order valence-electron chi connectivity index (χ1n) is 9.21. The Morgan fingerprint density at radius 3 is 2.74 bits per heavy atom. The van der Waals surface area contributed by atoms with Gasteiger partial charge in [0.2, 0.25) is 5.91 Å². The Morgan fingerprint density at radius 1 is 1.19 bits per heavy atom. The zero-order valence-corrected chi connectivity index (χ0v) is 17.0. The fraction of sp³-hybridized carbons (Fsp3) is 0.647. The molecule has 27 heavy (non-hydrogen) atoms. The second-order valence-electron chi connectivity index (χ2n) is 5.50. The van der Waals surface area contributed by atoms with Crippen molar-refractivity contribution in [3.63, 3.8) is 0 Å². The Balaban J connectivity index is 2.08. The molecular formula is C17H28N6O3S. The predicted octanol–water partition coefficient (Wildman–Crippen LogP) is 1.54. The molecule has 2 rings (SSSR count). The van der Waals surface area contributed by atoms with Crippen molar-refractivity contribution in [1.29, 1.82) is 0 Å². The van der Waals surface area contributed by atoms with E-state index < -0.39 is 0 Å². The van der Waals surface area contributed by atoms with Gasteiger partial charge in [-0.1, -0.05) is 18.7 Å². The number of rotatable bonds is 13. The number of ether oxygens (including phenoxy) is 2. The van der Waals surface area contributed by atoms with Gasteiger partial charge < -0.3 is 20.1 Å². The second-order valence-corrected chi connectivity index (χ2v) is 6.73. The van der Waals surface area contributed by atoms with Crippen molar-refractivity contribution in [1.82, 2.24) is 25.1 Å². The van der Waals surface area contributed by atoms with E-state index >= 15 is 0 Å². The molecule has 0 spiro atoms. The molecule has 9 nitrogen and oxygen atoms in total. The van der Waals surface area contributed by atoms with Crippen molar-refractivity contribution in [2.45, 2.75) is 32.5 Å². The number of carbonyl (C=O) groups is 1. The van der Waals surface area contributed by atoms with Gasteiger partial charge in [-0.25, -0.2) is 14.6 Å². The molecule has 0 aromatic carbocycles. The van der Waals surface area contributed by atoms with Gasteiger partial charge in [0.1, 0.15) is 12.4 Å². The Kier molecular flexibility index (Phi) is 9.29. The van der Waals surface area contributed by atoms with Gasteiger partial charge in [-0.15, -0.1) is 0 Å². The molecule has 1 amide bonds. The third-order valence-corrected chi connectivity index (χ3v) is 4.30. The van der Waals surface area contributed by atoms with Gasteiger partial charge in [0, 0.05) is 26.3 Å². The van der Waals surface area contributed by atoms with Gasteiger partial charge in [0.25, 0.3) is 0 Å². The molecule has 0 saturated carbocycles. The SMILES string of the molecule is CCOCCNc1nc(SCC)nc2c1cnn2CCNC(=O)COCC. The van der Waals surface area contributed by atoms with Crippen LogP contribution in [0.3, 0.4) is 0 Å². The maximum absolute atomic E-state index is 11.6. The number of nitrogens with zero attached hydrogens (tertiary/aromatic N) is 4. The van der Waals surface area contributed by atoms with Crippen molar-refractivity contribution in [3.05, 3.63) is 6.20 Å². The second kappa shape index (κ2) is 11.7. The van der Waals surface area contributed by atoms with Crippen LogP contribution in [0, 0.1) is 0 Å². The number of nitrogens with one attached hydrogen (secondary N) is 2. The van der Waals surface area contributed by atoms with E-state index in [0.29, 0.717) is 44.6 Å². The highest BCUT2D eigenvalue weighted by molar-refractivity contribution is 7.99. The van der Waals surface area contributed by atoms with Crippen LogP contribution >= 0.6 is 11.8 Å². The predicted molar refractivity (Wildman–Crippen MR) is 106 cm³/mol. The van der Waals surface area contributed by atoms with Crippen molar-refractivity contribution in [2.75, 3.05) is 50.6 Å². The third-order valence-electron chi connectivity index (χ3n) is 3.58. The van der Waals surface area contributed by atoms with Crippen molar-refractivity contribution >= 4 is 34.5 Å². The normalized spacial score (nSPS) is 11.1. The Morgan fingerprint density at radius 2 is 2.00 bits per heavy atom. The molecule has 2 N–H and O–H groups in total. The largest absolute Gasteiger partial charge is 0.380 e. The summed E-state index contributed by atoms with van der Waals surface area (Å²) in [7, 11) is 0. The van der Waals surface area contributed by atoms with E-state index in [0.717, 1.165) is 22.6 Å². The summed E-state index contributed by atoms with van der Waals surface area (Å²) in [6.45, 7) is 9.41. The fourth-order valence-corrected chi connectivity index (χ4v) is 2.93. The average Bonchev–Trinajstić information content (AvgIpc) is 3.07. The maximum Gasteiger partial charge on any atom is 0.246 e. The summed E-state index contributed by atoms with van der Waals surface area (Å²) in [5.74, 6) is 1.50. The fourth-order valence-electron chi connectivity index (χ4n) is 2.36. The van der Waals surface area contributed by atoms with E-state index in [1.54, 1.807) is 22.6 Å². The zero-order chi connectivity index (χ0) is 19.5. The highest BCUT2D eigenvalue weighted by Gasteiger charge is 2.13. The number of anilines is 1. The Bertz CT molecular complexity index is 724. The Hall–Kier alpha value is -1.91. The Labute approximate surface area is 163 Å². The van der Waals surface area contributed by atoms with E-state index in [2.05, 4.69) is 32.6 Å². The number of hydrogen-bond acceptors (Lipinski definition) is 8. The van der Waals surface area contributed by atoms with Crippen molar-refractivity contribution in [3.8, 4) is 0 Å². The molecule has 0 atom stereocenters. The summed E-state index contributed by atoms with van der Waals surface area (Å²) < 4.78 is 12.2. The van der Waals surface area contributed by atoms with Crippen LogP contribution in [-0.2, 0) is 20.8 Å². The summed E-state index contributed by atoms with van der Waals surface area (Å²) in [6, 6.07) is 0. The number of thioether (sulfide) groups is 1. The topological polar surface area (TPSA) is 103 Å². The molecule has 10 heteroatoms. The smallest absolute Gasteiger partial charge is 0.246 e. The average molecular weight is 397 g/mol. The zero-order valence-electron chi connectivity index (χ0n) is 16.2. The van der Waals surface area contributed by atoms with Gasteiger partial charge in [-0.3, -0.25) is 4.79 Å². The maximum atomic E-state index is 11.6. The molecular weight excluding hydrogens is 368 g/mol. The lowest BCUT2D eigenvalue weighted by Crippen LogP contribution is -2.30. The molecule has 0 aliphatic carbocycles. The molecule has 2 aromatic rings. The summed E-state index contributed by atoms with van der Waals surface area (Å²) in [6.07, 6.45) is 1.75. The lowest BCUT2D eigenvalue weighted by Gasteiger charge is -2.10. The molecule has 0 bridgehead atoms. The molecule has 2 heterocycles. The van der Waals surface area contributed by atoms with Crippen LogP contribution in [-0.4, -0.2) is 70.9 Å². The highest BCUT2D eigenvalue weighted by atomic mass is 32.2. The lowest BCUT2D eigenvalue weighted by atomic mass is 10.4. The van der Waals surface area contributed by atoms with Crippen LogP contribution in [0.2, 0.25) is 0 Å². The minimum Gasteiger partial charge on any atom is -0.380 e. The van der Waals surface area contributed by atoms with Crippen LogP contribution in [0.5, 0.6) is 0 Å². The number of carbonyl (C=O) groups excluding carboxylic acids is 1. The van der Waals surface area contributed by atoms with E-state index in [-0.39, 0.29) is 12.5 Å². The van der Waals surface area contributed by atoms with Crippen LogP contribution in [0.4, 0.5) is 5.82 Å². The van der Waals surface area contributed by atoms with E-state index in [9.17, 15) is 4.79 Å². The van der Waals surface area contributed by atoms with Gasteiger partial charge in [0.05, 0.1) is 24.7 Å². The number of amides is 1. The third kappa shape index (κ3) is 6.64. The van der Waals surface area contributed by atoms with Gasteiger partial charge in [0.15, 0.2) is 10.8 Å². The van der Waals surface area contributed by atoms with Crippen LogP contribution in [0.1, 0.15) is 20.8 Å². The highest BCUT2D eigenvalue weighted by Crippen LogP contribution is 2.24. The molecule has 150 valence electrons. The van der Waals surface area contributed by atoms with E-state index in [1.807, 2.05) is 13.8 Å². The first kappa shape index (κ1) is 21.4. The minimum atomic E-state index is -0.136. The van der Waals surface area contributed by atoms with Crippen LogP contribution in [0.15, 0.2) is 11.4 Å². The summed E-state index contributed by atoms with van der Waals surface area (Å²) in [4.78, 5) is 20.9. The lowest BCUT2D eigenvalue weighted by molar-refractivity contribution is -0.125. The molecule has 0 radical (unpaired) electrons. The van der Waals surface area contributed by atoms with E-state index in [4.69, 9.17) is 9.47 Å². The first-order chi connectivity index (χ1) is 13.2. The first-order valence-corrected chi connectivity index (χ1v) is 10.2. The molecule has 0 fully saturated rings. The molecule has 0 unspecified atom stereocenters. The van der Waals surface area contributed by atoms with Crippen molar-refractivity contribution in [2.24, 2.45) is 0 Å². The molecule has 2 aromatic heterocycles. The number of aromatic nitrogens is 4. The summed E-state index contributed by atoms with van der Waals surface area (Å²) >= 11 is 1.58.